The Balaban J connectivity index is 0.00000256. The van der Waals surface area contributed by atoms with E-state index in [0.717, 1.165) is 62.7 Å². The van der Waals surface area contributed by atoms with Crippen LogP contribution in [-0.2, 0) is 17.6 Å². The summed E-state index contributed by atoms with van der Waals surface area (Å²) < 4.78 is 15.2. The highest BCUT2D eigenvalue weighted by atomic mass is 35.5. The standard InChI is InChI=1S/C22H30FN3O3.ClH/c23-21-18-10-12-24-11-9-16(18)4-7-19(21)26-14-13-25(22(26)29)17-5-1-15(2-6-17)3-8-20(27)28;/h4,7,15,17,24H,1-3,5-6,8-14H2,(H,27,28);1H. The Morgan fingerprint density at radius 3 is 2.60 bits per heavy atom. The average molecular weight is 440 g/mol. The van der Waals surface area contributed by atoms with Gasteiger partial charge in [-0.1, -0.05) is 6.07 Å². The first-order chi connectivity index (χ1) is 14.0. The number of carbonyl (C=O) groups is 2. The molecule has 2 heterocycles. The minimum atomic E-state index is -0.740. The molecule has 166 valence electrons. The number of benzene rings is 1. The second-order valence-corrected chi connectivity index (χ2v) is 8.52. The van der Waals surface area contributed by atoms with Crippen molar-refractivity contribution in [1.82, 2.24) is 10.2 Å². The highest BCUT2D eigenvalue weighted by molar-refractivity contribution is 5.94. The highest BCUT2D eigenvalue weighted by Gasteiger charge is 2.37. The fourth-order valence-electron chi connectivity index (χ4n) is 5.11. The molecule has 1 saturated heterocycles. The van der Waals surface area contributed by atoms with Crippen LogP contribution in [0.1, 0.15) is 49.7 Å². The van der Waals surface area contributed by atoms with Gasteiger partial charge in [-0.25, -0.2) is 9.18 Å². The van der Waals surface area contributed by atoms with Crippen LogP contribution in [0.15, 0.2) is 12.1 Å². The molecular weight excluding hydrogens is 409 g/mol. The Hall–Kier alpha value is -1.86. The molecule has 2 aliphatic heterocycles. The number of hydrogen-bond acceptors (Lipinski definition) is 3. The van der Waals surface area contributed by atoms with Crippen LogP contribution in [0.25, 0.3) is 0 Å². The Morgan fingerprint density at radius 1 is 1.13 bits per heavy atom. The zero-order valence-corrected chi connectivity index (χ0v) is 18.1. The van der Waals surface area contributed by atoms with Crippen molar-refractivity contribution >= 4 is 30.1 Å². The van der Waals surface area contributed by atoms with Gasteiger partial charge in [0, 0.05) is 25.6 Å². The highest BCUT2D eigenvalue weighted by Crippen LogP contribution is 2.34. The molecule has 8 heteroatoms. The molecule has 6 nitrogen and oxygen atoms in total. The third-order valence-corrected chi connectivity index (χ3v) is 6.80. The number of fused-ring (bicyclic) bond motifs is 1. The normalized spacial score (nSPS) is 24.2. The van der Waals surface area contributed by atoms with Crippen LogP contribution < -0.4 is 10.2 Å². The number of anilines is 1. The van der Waals surface area contributed by atoms with Crippen LogP contribution in [0.3, 0.4) is 0 Å². The monoisotopic (exact) mass is 439 g/mol. The van der Waals surface area contributed by atoms with Gasteiger partial charge in [-0.05, 0) is 81.1 Å². The molecule has 1 saturated carbocycles. The van der Waals surface area contributed by atoms with Crippen molar-refractivity contribution in [3.05, 3.63) is 29.1 Å². The molecule has 1 aromatic rings. The Kier molecular flexibility index (Phi) is 7.58. The van der Waals surface area contributed by atoms with Gasteiger partial charge in [0.1, 0.15) is 5.82 Å². The van der Waals surface area contributed by atoms with Crippen LogP contribution in [0, 0.1) is 11.7 Å². The van der Waals surface area contributed by atoms with Crippen molar-refractivity contribution in [3.8, 4) is 0 Å². The van der Waals surface area contributed by atoms with Gasteiger partial charge in [0.25, 0.3) is 0 Å². The lowest BCUT2D eigenvalue weighted by molar-refractivity contribution is -0.137. The molecule has 0 unspecified atom stereocenters. The van der Waals surface area contributed by atoms with E-state index in [1.54, 1.807) is 11.0 Å². The van der Waals surface area contributed by atoms with E-state index in [9.17, 15) is 9.59 Å². The lowest BCUT2D eigenvalue weighted by Crippen LogP contribution is -2.41. The molecule has 3 aliphatic rings. The molecule has 0 spiro atoms. The summed E-state index contributed by atoms with van der Waals surface area (Å²) in [6.07, 6.45) is 6.14. The number of rotatable bonds is 5. The topological polar surface area (TPSA) is 72.9 Å². The number of carboxylic acids is 1. The largest absolute Gasteiger partial charge is 0.481 e. The molecule has 2 N–H and O–H groups in total. The number of hydrogen-bond donors (Lipinski definition) is 2. The smallest absolute Gasteiger partial charge is 0.324 e. The van der Waals surface area contributed by atoms with E-state index in [0.29, 0.717) is 31.1 Å². The maximum absolute atomic E-state index is 15.2. The van der Waals surface area contributed by atoms with Crippen LogP contribution >= 0.6 is 12.4 Å². The number of urea groups is 1. The van der Waals surface area contributed by atoms with E-state index in [1.165, 1.54) is 0 Å². The number of halogens is 2. The molecule has 1 aliphatic carbocycles. The molecule has 0 radical (unpaired) electrons. The first-order valence-electron chi connectivity index (χ1n) is 10.9. The number of nitrogens with zero attached hydrogens (tertiary/aromatic N) is 2. The van der Waals surface area contributed by atoms with Gasteiger partial charge in [-0.15, -0.1) is 12.4 Å². The molecule has 30 heavy (non-hydrogen) atoms. The number of carboxylic acid groups (broad SMARTS) is 1. The van der Waals surface area contributed by atoms with Crippen LogP contribution in [0.5, 0.6) is 0 Å². The molecule has 1 aromatic carbocycles. The van der Waals surface area contributed by atoms with Gasteiger partial charge >= 0.3 is 12.0 Å². The van der Waals surface area contributed by atoms with Crippen LogP contribution in [-0.4, -0.2) is 54.2 Å². The van der Waals surface area contributed by atoms with E-state index in [-0.39, 0.29) is 36.7 Å². The van der Waals surface area contributed by atoms with Gasteiger partial charge in [0.15, 0.2) is 0 Å². The van der Waals surface area contributed by atoms with Gasteiger partial charge in [0.05, 0.1) is 5.69 Å². The van der Waals surface area contributed by atoms with E-state index in [1.807, 2.05) is 11.0 Å². The van der Waals surface area contributed by atoms with Crippen molar-refractivity contribution in [2.45, 2.75) is 57.4 Å². The fraction of sp³-hybridized carbons (Fsp3) is 0.636. The summed E-state index contributed by atoms with van der Waals surface area (Å²) in [4.78, 5) is 27.4. The van der Waals surface area contributed by atoms with Gasteiger partial charge in [-0.2, -0.15) is 0 Å². The minimum Gasteiger partial charge on any atom is -0.481 e. The molecule has 0 aromatic heterocycles. The summed E-state index contributed by atoms with van der Waals surface area (Å²) in [5, 5.41) is 12.2. The minimum absolute atomic E-state index is 0. The number of aliphatic carboxylic acids is 1. The predicted octanol–water partition coefficient (Wildman–Crippen LogP) is 3.60. The van der Waals surface area contributed by atoms with Crippen molar-refractivity contribution < 1.29 is 19.1 Å². The fourth-order valence-corrected chi connectivity index (χ4v) is 5.11. The first kappa shape index (κ1) is 22.8. The number of nitrogens with one attached hydrogen (secondary N) is 1. The average Bonchev–Trinajstić information content (AvgIpc) is 2.93. The maximum Gasteiger partial charge on any atom is 0.324 e. The third kappa shape index (κ3) is 4.72. The molecule has 0 bridgehead atoms. The Bertz CT molecular complexity index is 783. The Labute approximate surface area is 183 Å². The van der Waals surface area contributed by atoms with Crippen LogP contribution in [0.2, 0.25) is 0 Å². The van der Waals surface area contributed by atoms with E-state index < -0.39 is 5.97 Å². The zero-order chi connectivity index (χ0) is 20.4. The Morgan fingerprint density at radius 2 is 1.87 bits per heavy atom. The quantitative estimate of drug-likeness (QED) is 0.735. The number of amides is 2. The maximum atomic E-state index is 15.2. The van der Waals surface area contributed by atoms with E-state index in [4.69, 9.17) is 5.11 Å². The lowest BCUT2D eigenvalue weighted by Gasteiger charge is -2.34. The van der Waals surface area contributed by atoms with Crippen molar-refractivity contribution in [2.24, 2.45) is 5.92 Å². The predicted molar refractivity (Wildman–Crippen MR) is 116 cm³/mol. The van der Waals surface area contributed by atoms with Crippen molar-refractivity contribution in [1.29, 1.82) is 0 Å². The third-order valence-electron chi connectivity index (χ3n) is 6.80. The molecule has 0 atom stereocenters. The summed E-state index contributed by atoms with van der Waals surface area (Å²) in [5.41, 5.74) is 2.20. The zero-order valence-electron chi connectivity index (χ0n) is 17.2. The lowest BCUT2D eigenvalue weighted by atomic mass is 9.83. The van der Waals surface area contributed by atoms with Crippen LogP contribution in [0.4, 0.5) is 14.9 Å². The van der Waals surface area contributed by atoms with E-state index >= 15 is 4.39 Å². The molecular formula is C22H31ClFN3O3. The molecule has 4 rings (SSSR count). The summed E-state index contributed by atoms with van der Waals surface area (Å²) in [5.74, 6) is -0.540. The first-order valence-corrected chi connectivity index (χ1v) is 10.9. The summed E-state index contributed by atoms with van der Waals surface area (Å²) in [6, 6.07) is 3.83. The van der Waals surface area contributed by atoms with E-state index in [2.05, 4.69) is 5.32 Å². The summed E-state index contributed by atoms with van der Waals surface area (Å²) >= 11 is 0. The molecule has 2 amide bonds. The molecule has 2 fully saturated rings. The number of carbonyl (C=O) groups excluding carboxylic acids is 1. The SMILES string of the molecule is Cl.O=C(O)CCC1CCC(N2CCN(c3ccc4c(c3F)CCNCC4)C2=O)CC1. The van der Waals surface area contributed by atoms with Crippen molar-refractivity contribution in [2.75, 3.05) is 31.1 Å². The second kappa shape index (κ2) is 9.96. The second-order valence-electron chi connectivity index (χ2n) is 8.52. The summed E-state index contributed by atoms with van der Waals surface area (Å²) in [7, 11) is 0. The van der Waals surface area contributed by atoms with Gasteiger partial charge in [-0.3, -0.25) is 9.69 Å². The van der Waals surface area contributed by atoms with Crippen molar-refractivity contribution in [3.63, 3.8) is 0 Å². The summed E-state index contributed by atoms with van der Waals surface area (Å²) in [6.45, 7) is 2.77. The van der Waals surface area contributed by atoms with Gasteiger partial charge < -0.3 is 15.3 Å². The van der Waals surface area contributed by atoms with Gasteiger partial charge in [0.2, 0.25) is 0 Å².